The van der Waals surface area contributed by atoms with Crippen molar-refractivity contribution in [1.29, 1.82) is 0 Å². The van der Waals surface area contributed by atoms with E-state index in [0.29, 0.717) is 45.5 Å². The second-order valence-electron chi connectivity index (χ2n) is 9.93. The lowest BCUT2D eigenvalue weighted by Gasteiger charge is -2.22. The summed E-state index contributed by atoms with van der Waals surface area (Å²) in [6, 6.07) is 6.84. The van der Waals surface area contributed by atoms with Crippen molar-refractivity contribution in [3.63, 3.8) is 0 Å². The first-order chi connectivity index (χ1) is 18.6. The number of benzene rings is 1. The highest BCUT2D eigenvalue weighted by atomic mass is 19.1. The first kappa shape index (κ1) is 22.7. The van der Waals surface area contributed by atoms with Gasteiger partial charge in [-0.25, -0.2) is 33.8 Å². The molecule has 1 aromatic carbocycles. The Bertz CT molecular complexity index is 1670. The van der Waals surface area contributed by atoms with Crippen LogP contribution in [0.3, 0.4) is 0 Å². The van der Waals surface area contributed by atoms with Crippen molar-refractivity contribution in [2.24, 2.45) is 5.41 Å². The predicted molar refractivity (Wildman–Crippen MR) is 139 cm³/mol. The van der Waals surface area contributed by atoms with Crippen LogP contribution in [0.1, 0.15) is 18.4 Å². The molecular formula is C26H25FN10O. The molecule has 1 spiro atoms. The van der Waals surface area contributed by atoms with Gasteiger partial charge in [0.15, 0.2) is 17.3 Å². The molecule has 2 aliphatic rings. The maximum Gasteiger partial charge on any atom is 0.226 e. The first-order valence-electron chi connectivity index (χ1n) is 12.5. The SMILES string of the molecule is Cc1c(Oc2ccn3ncnc3c2)ccc(Nc2ncnc3cnc(N4CCC5(CCNC5)C4)nc23)c1F. The minimum absolute atomic E-state index is 0.264. The van der Waals surface area contributed by atoms with E-state index >= 15 is 4.39 Å². The van der Waals surface area contributed by atoms with Crippen LogP contribution in [0.15, 0.2) is 49.3 Å². The zero-order chi connectivity index (χ0) is 25.7. The first-order valence-corrected chi connectivity index (χ1v) is 12.5. The monoisotopic (exact) mass is 512 g/mol. The zero-order valence-electron chi connectivity index (χ0n) is 20.7. The van der Waals surface area contributed by atoms with E-state index in [9.17, 15) is 0 Å². The molecule has 5 aromatic rings. The van der Waals surface area contributed by atoms with Crippen LogP contribution in [0.2, 0.25) is 0 Å². The third-order valence-corrected chi connectivity index (χ3v) is 7.49. The number of anilines is 3. The summed E-state index contributed by atoms with van der Waals surface area (Å²) in [7, 11) is 0. The molecule has 1 atom stereocenters. The van der Waals surface area contributed by atoms with Crippen molar-refractivity contribution in [2.75, 3.05) is 36.4 Å². The molecule has 2 saturated heterocycles. The highest BCUT2D eigenvalue weighted by Gasteiger charge is 2.41. The molecule has 0 radical (unpaired) electrons. The van der Waals surface area contributed by atoms with Crippen molar-refractivity contribution in [1.82, 2.24) is 39.9 Å². The fourth-order valence-corrected chi connectivity index (χ4v) is 5.33. The number of hydrogen-bond donors (Lipinski definition) is 2. The second kappa shape index (κ2) is 8.84. The summed E-state index contributed by atoms with van der Waals surface area (Å²) in [6.45, 7) is 5.58. The van der Waals surface area contributed by atoms with Gasteiger partial charge in [-0.1, -0.05) is 0 Å². The van der Waals surface area contributed by atoms with Crippen molar-refractivity contribution in [3.8, 4) is 11.5 Å². The molecule has 38 heavy (non-hydrogen) atoms. The number of rotatable bonds is 5. The largest absolute Gasteiger partial charge is 0.457 e. The van der Waals surface area contributed by atoms with E-state index < -0.39 is 5.82 Å². The van der Waals surface area contributed by atoms with Crippen molar-refractivity contribution in [2.45, 2.75) is 19.8 Å². The average Bonchev–Trinajstić information content (AvgIpc) is 3.70. The topological polar surface area (TPSA) is 118 Å². The van der Waals surface area contributed by atoms with Gasteiger partial charge in [-0.2, -0.15) is 5.10 Å². The van der Waals surface area contributed by atoms with Crippen LogP contribution in [0, 0.1) is 18.2 Å². The minimum atomic E-state index is -0.442. The number of fused-ring (bicyclic) bond motifs is 2. The van der Waals surface area contributed by atoms with Crippen molar-refractivity contribution < 1.29 is 9.13 Å². The molecule has 2 aliphatic heterocycles. The molecule has 192 valence electrons. The van der Waals surface area contributed by atoms with Crippen LogP contribution >= 0.6 is 0 Å². The van der Waals surface area contributed by atoms with Crippen LogP contribution in [0.25, 0.3) is 16.7 Å². The Morgan fingerprint density at radius 3 is 2.95 bits per heavy atom. The molecule has 0 saturated carbocycles. The van der Waals surface area contributed by atoms with E-state index in [2.05, 4.69) is 40.6 Å². The second-order valence-corrected chi connectivity index (χ2v) is 9.93. The van der Waals surface area contributed by atoms with Crippen LogP contribution in [0.4, 0.5) is 21.8 Å². The van der Waals surface area contributed by atoms with Gasteiger partial charge in [-0.15, -0.1) is 0 Å². The van der Waals surface area contributed by atoms with Gasteiger partial charge in [0.2, 0.25) is 5.95 Å². The maximum absolute atomic E-state index is 15.5. The molecule has 11 nitrogen and oxygen atoms in total. The summed E-state index contributed by atoms with van der Waals surface area (Å²) in [5.41, 5.74) is 2.68. The molecule has 1 unspecified atom stereocenters. The molecule has 0 amide bonds. The third-order valence-electron chi connectivity index (χ3n) is 7.49. The Morgan fingerprint density at radius 2 is 2.05 bits per heavy atom. The number of ether oxygens (including phenoxy) is 1. The van der Waals surface area contributed by atoms with E-state index in [4.69, 9.17) is 9.72 Å². The van der Waals surface area contributed by atoms with Crippen molar-refractivity contribution >= 4 is 34.1 Å². The lowest BCUT2D eigenvalue weighted by molar-refractivity contribution is 0.369. The molecule has 6 heterocycles. The number of aromatic nitrogens is 7. The quantitative estimate of drug-likeness (QED) is 0.361. The van der Waals surface area contributed by atoms with Gasteiger partial charge in [0.25, 0.3) is 0 Å². The molecule has 0 bridgehead atoms. The van der Waals surface area contributed by atoms with Gasteiger partial charge >= 0.3 is 0 Å². The van der Waals surface area contributed by atoms with Gasteiger partial charge in [-0.05, 0) is 44.5 Å². The highest BCUT2D eigenvalue weighted by molar-refractivity contribution is 5.87. The van der Waals surface area contributed by atoms with Crippen LogP contribution < -0.4 is 20.3 Å². The maximum atomic E-state index is 15.5. The Hall–Kier alpha value is -4.45. The molecule has 2 fully saturated rings. The van der Waals surface area contributed by atoms with E-state index in [1.54, 1.807) is 48.1 Å². The van der Waals surface area contributed by atoms with Gasteiger partial charge in [0, 0.05) is 42.9 Å². The predicted octanol–water partition coefficient (Wildman–Crippen LogP) is 3.64. The summed E-state index contributed by atoms with van der Waals surface area (Å²) in [5, 5.41) is 10.7. The summed E-state index contributed by atoms with van der Waals surface area (Å²) in [6.07, 6.45) is 8.61. The Morgan fingerprint density at radius 1 is 1.11 bits per heavy atom. The molecular weight excluding hydrogens is 487 g/mol. The van der Waals surface area contributed by atoms with Crippen LogP contribution in [0.5, 0.6) is 11.5 Å². The van der Waals surface area contributed by atoms with Gasteiger partial charge in [-0.3, -0.25) is 0 Å². The number of pyridine rings is 1. The lowest BCUT2D eigenvalue weighted by atomic mass is 9.87. The smallest absolute Gasteiger partial charge is 0.226 e. The van der Waals surface area contributed by atoms with Crippen LogP contribution in [-0.4, -0.2) is 60.7 Å². The van der Waals surface area contributed by atoms with Gasteiger partial charge in [0.1, 0.15) is 35.2 Å². The summed E-state index contributed by atoms with van der Waals surface area (Å²) >= 11 is 0. The Balaban J connectivity index is 1.16. The van der Waals surface area contributed by atoms with E-state index in [-0.39, 0.29) is 11.1 Å². The zero-order valence-corrected chi connectivity index (χ0v) is 20.7. The lowest BCUT2D eigenvalue weighted by Crippen LogP contribution is -2.30. The third kappa shape index (κ3) is 3.93. The van der Waals surface area contributed by atoms with Gasteiger partial charge < -0.3 is 20.3 Å². The minimum Gasteiger partial charge on any atom is -0.457 e. The molecule has 0 aliphatic carbocycles. The van der Waals surface area contributed by atoms with Gasteiger partial charge in [0.05, 0.1) is 11.9 Å². The normalized spacial score (nSPS) is 19.2. The average molecular weight is 513 g/mol. The number of hydrogen-bond acceptors (Lipinski definition) is 10. The highest BCUT2D eigenvalue weighted by Crippen LogP contribution is 2.38. The summed E-state index contributed by atoms with van der Waals surface area (Å²) in [5.74, 6) is 1.56. The van der Waals surface area contributed by atoms with E-state index in [1.165, 1.54) is 19.1 Å². The summed E-state index contributed by atoms with van der Waals surface area (Å²) < 4.78 is 23.1. The van der Waals surface area contributed by atoms with E-state index in [1.807, 2.05) is 0 Å². The Kier molecular flexibility index (Phi) is 5.28. The standard InChI is InChI=1S/C26H25FN10O/c1-16-20(38-17-4-8-37-21(10-17)31-15-33-37)3-2-18(22(16)27)34-24-23-19(30-14-32-24)11-29-25(35-23)36-9-6-26(13-36)5-7-28-12-26/h2-4,8,10-11,14-15,28H,5-7,9,12-13H2,1H3,(H,30,32,34). The molecule has 12 heteroatoms. The molecule has 2 N–H and O–H groups in total. The number of halogens is 1. The number of nitrogens with zero attached hydrogens (tertiary/aromatic N) is 8. The fraction of sp³-hybridized carbons (Fsp3) is 0.308. The van der Waals surface area contributed by atoms with Crippen molar-refractivity contribution in [3.05, 3.63) is 60.7 Å². The van der Waals surface area contributed by atoms with E-state index in [0.717, 1.165) is 32.6 Å². The molecule has 7 rings (SSSR count). The fourth-order valence-electron chi connectivity index (χ4n) is 5.33. The van der Waals surface area contributed by atoms with Crippen LogP contribution in [-0.2, 0) is 0 Å². The Labute approximate surface area is 217 Å². The summed E-state index contributed by atoms with van der Waals surface area (Å²) in [4.78, 5) is 24.4. The number of nitrogens with one attached hydrogen (secondary N) is 2. The molecule has 4 aromatic heterocycles.